The number of alkyl halides is 6. The summed E-state index contributed by atoms with van der Waals surface area (Å²) in [5.41, 5.74) is -4.34. The Labute approximate surface area is 103 Å². The third-order valence-electron chi connectivity index (χ3n) is 2.86. The fraction of sp³-hybridized carbons (Fsp3) is 0.333. The molecule has 1 fully saturated rings. The van der Waals surface area contributed by atoms with Gasteiger partial charge in [-0.15, -0.1) is 0 Å². The van der Waals surface area contributed by atoms with Gasteiger partial charge in [-0.1, -0.05) is 24.1 Å². The van der Waals surface area contributed by atoms with E-state index >= 15 is 0 Å². The maximum atomic E-state index is 13.0. The Balaban J connectivity index is 2.43. The van der Waals surface area contributed by atoms with Crippen LogP contribution >= 0.6 is 0 Å². The van der Waals surface area contributed by atoms with Crippen molar-refractivity contribution in [2.45, 2.75) is 23.4 Å². The van der Waals surface area contributed by atoms with Gasteiger partial charge < -0.3 is 5.11 Å². The molecule has 0 aliphatic heterocycles. The first-order valence-electron chi connectivity index (χ1n) is 5.02. The molecule has 0 aromatic heterocycles. The van der Waals surface area contributed by atoms with E-state index in [2.05, 4.69) is 0 Å². The van der Waals surface area contributed by atoms with E-state index in [4.69, 9.17) is 5.11 Å². The average Bonchev–Trinajstić information content (AvgIpc) is 2.35. The Morgan fingerprint density at radius 2 is 1.26 bits per heavy atom. The number of aliphatic hydroxyl groups is 1. The van der Waals surface area contributed by atoms with Crippen LogP contribution < -0.4 is 0 Å². The smallest absolute Gasteiger partial charge is 0.367 e. The van der Waals surface area contributed by atoms with Crippen molar-refractivity contribution in [3.63, 3.8) is 0 Å². The Morgan fingerprint density at radius 1 is 0.789 bits per heavy atom. The largest absolute Gasteiger partial charge is 0.380 e. The minimum absolute atomic E-state index is 0.0396. The molecule has 1 nitrogen and oxygen atoms in total. The molecule has 1 aliphatic carbocycles. The van der Waals surface area contributed by atoms with E-state index in [1.165, 1.54) is 30.2 Å². The van der Waals surface area contributed by atoms with Crippen LogP contribution in [0.15, 0.2) is 30.3 Å². The Kier molecular flexibility index (Phi) is 2.65. The van der Waals surface area contributed by atoms with E-state index in [1.54, 1.807) is 6.07 Å². The van der Waals surface area contributed by atoms with Gasteiger partial charge in [0.05, 0.1) is 0 Å². The van der Waals surface area contributed by atoms with Crippen LogP contribution in [-0.4, -0.2) is 28.5 Å². The zero-order valence-corrected chi connectivity index (χ0v) is 9.10. The Bertz CT molecular complexity index is 537. The highest BCUT2D eigenvalue weighted by Crippen LogP contribution is 2.66. The molecule has 0 spiro atoms. The minimum Gasteiger partial charge on any atom is -0.367 e. The quantitative estimate of drug-likeness (QED) is 0.572. The summed E-state index contributed by atoms with van der Waals surface area (Å²) >= 11 is 0. The molecular formula is C12H6F6O. The molecule has 1 aromatic rings. The minimum atomic E-state index is -5.62. The fourth-order valence-electron chi connectivity index (χ4n) is 1.63. The summed E-state index contributed by atoms with van der Waals surface area (Å²) in [6, 6.07) is 7.03. The molecule has 1 saturated carbocycles. The first kappa shape index (κ1) is 13.7. The van der Waals surface area contributed by atoms with E-state index in [9.17, 15) is 26.3 Å². The van der Waals surface area contributed by atoms with Crippen LogP contribution in [0.3, 0.4) is 0 Å². The van der Waals surface area contributed by atoms with Gasteiger partial charge in [0.15, 0.2) is 0 Å². The first-order chi connectivity index (χ1) is 8.58. The number of rotatable bonds is 0. The molecule has 2 rings (SSSR count). The molecule has 0 unspecified atom stereocenters. The predicted molar refractivity (Wildman–Crippen MR) is 53.1 cm³/mol. The molecule has 7 heteroatoms. The van der Waals surface area contributed by atoms with Crippen LogP contribution in [0.1, 0.15) is 5.56 Å². The molecule has 0 heterocycles. The van der Waals surface area contributed by atoms with E-state index < -0.39 is 23.4 Å². The zero-order chi connectivity index (χ0) is 14.5. The van der Waals surface area contributed by atoms with Gasteiger partial charge >= 0.3 is 17.8 Å². The summed E-state index contributed by atoms with van der Waals surface area (Å²) in [4.78, 5) is 0. The monoisotopic (exact) mass is 280 g/mol. The highest BCUT2D eigenvalue weighted by molar-refractivity contribution is 5.44. The topological polar surface area (TPSA) is 20.2 Å². The molecule has 0 amide bonds. The van der Waals surface area contributed by atoms with Crippen molar-refractivity contribution < 1.29 is 31.4 Å². The molecule has 0 bridgehead atoms. The molecule has 1 N–H and O–H groups in total. The summed E-state index contributed by atoms with van der Waals surface area (Å²) in [6.07, 6.45) is 0. The molecule has 1 aromatic carbocycles. The normalized spacial score (nSPS) is 24.8. The van der Waals surface area contributed by atoms with Crippen LogP contribution in [-0.2, 0) is 0 Å². The Morgan fingerprint density at radius 3 is 1.74 bits per heavy atom. The van der Waals surface area contributed by atoms with Gasteiger partial charge in [0, 0.05) is 5.56 Å². The van der Waals surface area contributed by atoms with Gasteiger partial charge in [0.2, 0.25) is 0 Å². The number of halogens is 6. The van der Waals surface area contributed by atoms with Crippen LogP contribution in [0.4, 0.5) is 26.3 Å². The molecular weight excluding hydrogens is 274 g/mol. The summed E-state index contributed by atoms with van der Waals surface area (Å²) in [5.74, 6) is -13.2. The van der Waals surface area contributed by atoms with E-state index in [0.29, 0.717) is 0 Å². The van der Waals surface area contributed by atoms with Gasteiger partial charge in [-0.3, -0.25) is 0 Å². The van der Waals surface area contributed by atoms with Crippen molar-refractivity contribution in [3.8, 4) is 11.8 Å². The lowest BCUT2D eigenvalue weighted by Gasteiger charge is -2.52. The van der Waals surface area contributed by atoms with Crippen molar-refractivity contribution >= 4 is 0 Å². The van der Waals surface area contributed by atoms with Gasteiger partial charge in [0.1, 0.15) is 0 Å². The van der Waals surface area contributed by atoms with Crippen molar-refractivity contribution in [3.05, 3.63) is 35.9 Å². The molecule has 0 atom stereocenters. The third kappa shape index (κ3) is 1.43. The van der Waals surface area contributed by atoms with Crippen molar-refractivity contribution in [1.82, 2.24) is 0 Å². The van der Waals surface area contributed by atoms with E-state index in [-0.39, 0.29) is 5.56 Å². The summed E-state index contributed by atoms with van der Waals surface area (Å²) in [7, 11) is 0. The zero-order valence-electron chi connectivity index (χ0n) is 9.10. The molecule has 0 radical (unpaired) electrons. The molecule has 0 saturated heterocycles. The fourth-order valence-corrected chi connectivity index (χ4v) is 1.63. The average molecular weight is 280 g/mol. The lowest BCUT2D eigenvalue weighted by atomic mass is 9.68. The third-order valence-corrected chi connectivity index (χ3v) is 2.86. The van der Waals surface area contributed by atoms with Gasteiger partial charge in [-0.05, 0) is 18.1 Å². The SMILES string of the molecule is OC1(C#Cc2ccccc2)C(F)(F)C(F)(F)C1(F)F. The summed E-state index contributed by atoms with van der Waals surface area (Å²) in [6.45, 7) is 0. The number of hydrogen-bond acceptors (Lipinski definition) is 1. The highest BCUT2D eigenvalue weighted by atomic mass is 19.4. The standard InChI is InChI=1S/C12H6F6O/c13-10(14)9(19,11(15,16)12(10,17)18)7-6-8-4-2-1-3-5-8/h1-5,19H. The highest BCUT2D eigenvalue weighted by Gasteiger charge is 2.98. The van der Waals surface area contributed by atoms with Crippen molar-refractivity contribution in [2.75, 3.05) is 0 Å². The van der Waals surface area contributed by atoms with E-state index in [0.717, 1.165) is 0 Å². The van der Waals surface area contributed by atoms with Crippen LogP contribution in [0.5, 0.6) is 0 Å². The number of benzene rings is 1. The molecule has 19 heavy (non-hydrogen) atoms. The van der Waals surface area contributed by atoms with Crippen LogP contribution in [0.25, 0.3) is 0 Å². The Hall–Kier alpha value is -1.68. The lowest BCUT2D eigenvalue weighted by Crippen LogP contribution is -2.85. The second-order valence-corrected chi connectivity index (χ2v) is 4.05. The second kappa shape index (κ2) is 3.67. The molecule has 102 valence electrons. The molecule has 1 aliphatic rings. The maximum absolute atomic E-state index is 13.0. The summed E-state index contributed by atoms with van der Waals surface area (Å²) < 4.78 is 77.1. The van der Waals surface area contributed by atoms with Crippen LogP contribution in [0.2, 0.25) is 0 Å². The first-order valence-corrected chi connectivity index (χ1v) is 5.02. The lowest BCUT2D eigenvalue weighted by molar-refractivity contribution is -0.472. The van der Waals surface area contributed by atoms with E-state index in [1.807, 2.05) is 5.92 Å². The van der Waals surface area contributed by atoms with Crippen molar-refractivity contribution in [1.29, 1.82) is 0 Å². The van der Waals surface area contributed by atoms with Gasteiger partial charge in [-0.25, -0.2) is 0 Å². The van der Waals surface area contributed by atoms with Crippen LogP contribution in [0, 0.1) is 11.8 Å². The van der Waals surface area contributed by atoms with Gasteiger partial charge in [-0.2, -0.15) is 26.3 Å². The van der Waals surface area contributed by atoms with Crippen molar-refractivity contribution in [2.24, 2.45) is 0 Å². The predicted octanol–water partition coefficient (Wildman–Crippen LogP) is 2.69. The summed E-state index contributed by atoms with van der Waals surface area (Å²) in [5, 5.41) is 9.11. The number of hydrogen-bond donors (Lipinski definition) is 1. The van der Waals surface area contributed by atoms with Gasteiger partial charge in [0.25, 0.3) is 5.60 Å². The maximum Gasteiger partial charge on any atom is 0.380 e. The second-order valence-electron chi connectivity index (χ2n) is 4.05.